The summed E-state index contributed by atoms with van der Waals surface area (Å²) in [4.78, 5) is 6.86. The predicted octanol–water partition coefficient (Wildman–Crippen LogP) is 1.82. The molecule has 1 aromatic carbocycles. The van der Waals surface area contributed by atoms with Crippen molar-refractivity contribution < 1.29 is 4.74 Å². The summed E-state index contributed by atoms with van der Waals surface area (Å²) < 4.78 is 5.40. The zero-order chi connectivity index (χ0) is 13.2. The van der Waals surface area contributed by atoms with Crippen molar-refractivity contribution in [2.75, 3.05) is 33.8 Å². The van der Waals surface area contributed by atoms with E-state index in [9.17, 15) is 0 Å². The van der Waals surface area contributed by atoms with Crippen LogP contribution in [0.15, 0.2) is 30.5 Å². The zero-order valence-electron chi connectivity index (χ0n) is 11.4. The van der Waals surface area contributed by atoms with Crippen LogP contribution in [0.25, 0.3) is 10.9 Å². The van der Waals surface area contributed by atoms with Crippen molar-refractivity contribution in [1.29, 1.82) is 0 Å². The number of piperazine rings is 1. The predicted molar refractivity (Wildman–Crippen MR) is 76.5 cm³/mol. The summed E-state index contributed by atoms with van der Waals surface area (Å²) in [6.07, 6.45) is 1.88. The van der Waals surface area contributed by atoms with Gasteiger partial charge in [0.2, 0.25) is 0 Å². The second kappa shape index (κ2) is 5.15. The molecule has 0 spiro atoms. The summed E-state index contributed by atoms with van der Waals surface area (Å²) in [6, 6.07) is 8.63. The molecule has 4 nitrogen and oxygen atoms in total. The SMILES string of the molecule is COc1cccc2c(C3CNCCN3C)ccnc12. The van der Waals surface area contributed by atoms with Gasteiger partial charge < -0.3 is 10.1 Å². The molecule has 1 atom stereocenters. The number of pyridine rings is 1. The smallest absolute Gasteiger partial charge is 0.145 e. The second-order valence-corrected chi connectivity index (χ2v) is 4.96. The molecule has 0 aliphatic carbocycles. The van der Waals surface area contributed by atoms with Gasteiger partial charge in [0.05, 0.1) is 7.11 Å². The highest BCUT2D eigenvalue weighted by molar-refractivity contribution is 5.87. The number of benzene rings is 1. The third kappa shape index (κ3) is 2.17. The maximum Gasteiger partial charge on any atom is 0.145 e. The minimum atomic E-state index is 0.395. The number of nitrogens with zero attached hydrogens (tertiary/aromatic N) is 2. The molecule has 4 heteroatoms. The molecule has 1 saturated heterocycles. The third-order valence-electron chi connectivity index (χ3n) is 3.86. The van der Waals surface area contributed by atoms with Gasteiger partial charge in [-0.1, -0.05) is 12.1 Å². The van der Waals surface area contributed by atoms with Gasteiger partial charge in [-0.15, -0.1) is 0 Å². The molecule has 100 valence electrons. The highest BCUT2D eigenvalue weighted by atomic mass is 16.5. The van der Waals surface area contributed by atoms with E-state index in [-0.39, 0.29) is 0 Å². The average Bonchev–Trinajstić information content (AvgIpc) is 2.46. The third-order valence-corrected chi connectivity index (χ3v) is 3.86. The van der Waals surface area contributed by atoms with Gasteiger partial charge >= 0.3 is 0 Å². The Bertz CT molecular complexity index is 585. The van der Waals surface area contributed by atoms with Crippen LogP contribution in [-0.4, -0.2) is 43.7 Å². The Kier molecular flexibility index (Phi) is 3.36. The van der Waals surface area contributed by atoms with Gasteiger partial charge in [-0.3, -0.25) is 9.88 Å². The number of nitrogens with one attached hydrogen (secondary N) is 1. The summed E-state index contributed by atoms with van der Waals surface area (Å²) >= 11 is 0. The monoisotopic (exact) mass is 257 g/mol. The fourth-order valence-electron chi connectivity index (χ4n) is 2.78. The maximum atomic E-state index is 5.40. The maximum absolute atomic E-state index is 5.40. The van der Waals surface area contributed by atoms with Gasteiger partial charge in [0.15, 0.2) is 0 Å². The van der Waals surface area contributed by atoms with Gasteiger partial charge in [-0.2, -0.15) is 0 Å². The van der Waals surface area contributed by atoms with Crippen molar-refractivity contribution in [3.8, 4) is 5.75 Å². The molecular formula is C15H19N3O. The Labute approximate surface area is 113 Å². The minimum Gasteiger partial charge on any atom is -0.494 e. The van der Waals surface area contributed by atoms with Crippen molar-refractivity contribution in [1.82, 2.24) is 15.2 Å². The molecule has 19 heavy (non-hydrogen) atoms. The van der Waals surface area contributed by atoms with Crippen LogP contribution in [0.3, 0.4) is 0 Å². The van der Waals surface area contributed by atoms with Crippen LogP contribution in [-0.2, 0) is 0 Å². The van der Waals surface area contributed by atoms with E-state index >= 15 is 0 Å². The normalized spacial score (nSPS) is 20.6. The Balaban J connectivity index is 2.13. The van der Waals surface area contributed by atoms with E-state index in [0.717, 1.165) is 30.9 Å². The lowest BCUT2D eigenvalue weighted by Gasteiger charge is -2.34. The lowest BCUT2D eigenvalue weighted by molar-refractivity contribution is 0.203. The van der Waals surface area contributed by atoms with Gasteiger partial charge in [0.1, 0.15) is 11.3 Å². The van der Waals surface area contributed by atoms with Crippen molar-refractivity contribution in [3.05, 3.63) is 36.0 Å². The topological polar surface area (TPSA) is 37.4 Å². The number of para-hydroxylation sites is 1. The molecule has 3 rings (SSSR count). The molecule has 1 aromatic heterocycles. The van der Waals surface area contributed by atoms with Crippen molar-refractivity contribution >= 4 is 10.9 Å². The number of fused-ring (bicyclic) bond motifs is 1. The standard InChI is InChI=1S/C15H19N3O/c1-18-9-8-16-10-13(18)11-6-7-17-15-12(11)4-3-5-14(15)19-2/h3-7,13,16H,8-10H2,1-2H3. The van der Waals surface area contributed by atoms with Crippen LogP contribution in [0.2, 0.25) is 0 Å². The number of likely N-dealkylation sites (N-methyl/N-ethyl adjacent to an activating group) is 1. The fraction of sp³-hybridized carbons (Fsp3) is 0.400. The van der Waals surface area contributed by atoms with Gasteiger partial charge in [0.25, 0.3) is 0 Å². The van der Waals surface area contributed by atoms with E-state index in [1.807, 2.05) is 18.3 Å². The first-order chi connectivity index (χ1) is 9.31. The Hall–Kier alpha value is -1.65. The minimum absolute atomic E-state index is 0.395. The second-order valence-electron chi connectivity index (χ2n) is 4.96. The van der Waals surface area contributed by atoms with Crippen molar-refractivity contribution in [2.45, 2.75) is 6.04 Å². The van der Waals surface area contributed by atoms with Crippen molar-refractivity contribution in [3.63, 3.8) is 0 Å². The summed E-state index contributed by atoms with van der Waals surface area (Å²) in [5.74, 6) is 0.839. The first-order valence-electron chi connectivity index (χ1n) is 6.64. The molecular weight excluding hydrogens is 238 g/mol. The molecule has 1 aliphatic heterocycles. The summed E-state index contributed by atoms with van der Waals surface area (Å²) in [7, 11) is 3.87. The van der Waals surface area contributed by atoms with Crippen LogP contribution in [0.5, 0.6) is 5.75 Å². The average molecular weight is 257 g/mol. The van der Waals surface area contributed by atoms with E-state index in [1.54, 1.807) is 7.11 Å². The molecule has 1 unspecified atom stereocenters. The van der Waals surface area contributed by atoms with Gasteiger partial charge in [-0.05, 0) is 24.7 Å². The lowest BCUT2D eigenvalue weighted by Crippen LogP contribution is -2.43. The van der Waals surface area contributed by atoms with Gasteiger partial charge in [-0.25, -0.2) is 0 Å². The molecule has 2 heterocycles. The van der Waals surface area contributed by atoms with Crippen LogP contribution in [0.4, 0.5) is 0 Å². The molecule has 0 radical (unpaired) electrons. The molecule has 0 amide bonds. The van der Waals surface area contributed by atoms with Crippen molar-refractivity contribution in [2.24, 2.45) is 0 Å². The van der Waals surface area contributed by atoms with Crippen LogP contribution >= 0.6 is 0 Å². The molecule has 1 fully saturated rings. The Morgan fingerprint density at radius 2 is 2.26 bits per heavy atom. The van der Waals surface area contributed by atoms with E-state index in [1.165, 1.54) is 10.9 Å². The van der Waals surface area contributed by atoms with E-state index < -0.39 is 0 Å². The summed E-state index contributed by atoms with van der Waals surface area (Å²) in [5, 5.41) is 4.65. The van der Waals surface area contributed by atoms with Gasteiger partial charge in [0, 0.05) is 37.3 Å². The van der Waals surface area contributed by atoms with E-state index in [0.29, 0.717) is 6.04 Å². The molecule has 2 aromatic rings. The number of hydrogen-bond acceptors (Lipinski definition) is 4. The number of ether oxygens (including phenoxy) is 1. The largest absolute Gasteiger partial charge is 0.494 e. The number of hydrogen-bond donors (Lipinski definition) is 1. The molecule has 0 bridgehead atoms. The van der Waals surface area contributed by atoms with E-state index in [2.05, 4.69) is 34.4 Å². The summed E-state index contributed by atoms with van der Waals surface area (Å²) in [6.45, 7) is 3.10. The van der Waals surface area contributed by atoms with Crippen LogP contribution in [0.1, 0.15) is 11.6 Å². The Morgan fingerprint density at radius 3 is 3.05 bits per heavy atom. The highest BCUT2D eigenvalue weighted by Gasteiger charge is 2.22. The highest BCUT2D eigenvalue weighted by Crippen LogP contribution is 2.31. The first kappa shape index (κ1) is 12.4. The number of aromatic nitrogens is 1. The zero-order valence-corrected chi connectivity index (χ0v) is 11.4. The van der Waals surface area contributed by atoms with E-state index in [4.69, 9.17) is 4.74 Å². The molecule has 0 saturated carbocycles. The van der Waals surface area contributed by atoms with Crippen LogP contribution in [0, 0.1) is 0 Å². The quantitative estimate of drug-likeness (QED) is 0.890. The number of methoxy groups -OCH3 is 1. The van der Waals surface area contributed by atoms with Crippen LogP contribution < -0.4 is 10.1 Å². The molecule has 1 aliphatic rings. The first-order valence-corrected chi connectivity index (χ1v) is 6.64. The summed E-state index contributed by atoms with van der Waals surface area (Å²) in [5.41, 5.74) is 2.26. The molecule has 1 N–H and O–H groups in total. The fourth-order valence-corrected chi connectivity index (χ4v) is 2.78. The lowest BCUT2D eigenvalue weighted by atomic mass is 9.99. The Morgan fingerprint density at radius 1 is 1.37 bits per heavy atom. The number of rotatable bonds is 2.